The third-order valence-electron chi connectivity index (χ3n) is 6.65. The molecule has 8 nitrogen and oxygen atoms in total. The van der Waals surface area contributed by atoms with Crippen LogP contribution in [0.5, 0.6) is 11.5 Å². The van der Waals surface area contributed by atoms with Gasteiger partial charge in [-0.25, -0.2) is 9.69 Å². The van der Waals surface area contributed by atoms with Crippen molar-refractivity contribution in [3.63, 3.8) is 0 Å². The number of carbonyl (C=O) groups is 2. The molecule has 5 rings (SSSR count). The van der Waals surface area contributed by atoms with Gasteiger partial charge in [0.15, 0.2) is 0 Å². The van der Waals surface area contributed by atoms with Crippen LogP contribution in [-0.2, 0) is 22.6 Å². The molecule has 1 fully saturated rings. The lowest BCUT2D eigenvalue weighted by atomic mass is 9.91. The Morgan fingerprint density at radius 2 is 1.81 bits per heavy atom. The monoisotopic (exact) mass is 644 g/mol. The fourth-order valence-electron chi connectivity index (χ4n) is 4.67. The van der Waals surface area contributed by atoms with Gasteiger partial charge in [-0.1, -0.05) is 53.7 Å². The summed E-state index contributed by atoms with van der Waals surface area (Å²) in [5, 5.41) is 4.03. The van der Waals surface area contributed by atoms with Crippen molar-refractivity contribution in [1.82, 2.24) is 10.1 Å². The zero-order chi connectivity index (χ0) is 29.7. The van der Waals surface area contributed by atoms with Gasteiger partial charge in [0.1, 0.15) is 31.0 Å². The van der Waals surface area contributed by atoms with Gasteiger partial charge in [-0.15, -0.1) is 13.2 Å². The van der Waals surface area contributed by atoms with Crippen molar-refractivity contribution < 1.29 is 41.5 Å². The number of imide groups is 1. The molecule has 0 aliphatic carbocycles. The Labute approximate surface area is 247 Å². The Hall–Kier alpha value is -4.32. The maximum absolute atomic E-state index is 13.5. The highest BCUT2D eigenvalue weighted by Gasteiger charge is 2.39. The highest BCUT2D eigenvalue weighted by atomic mass is 79.9. The molecule has 1 aromatic heterocycles. The predicted molar refractivity (Wildman–Crippen MR) is 147 cm³/mol. The molecule has 2 amide bonds. The van der Waals surface area contributed by atoms with E-state index >= 15 is 0 Å². The van der Waals surface area contributed by atoms with Crippen molar-refractivity contribution in [2.75, 3.05) is 6.61 Å². The van der Waals surface area contributed by atoms with E-state index in [0.29, 0.717) is 23.4 Å². The zero-order valence-electron chi connectivity index (χ0n) is 21.9. The Bertz CT molecular complexity index is 1510. The summed E-state index contributed by atoms with van der Waals surface area (Å²) in [4.78, 5) is 27.2. The van der Waals surface area contributed by atoms with Crippen LogP contribution in [-0.4, -0.2) is 41.1 Å². The summed E-state index contributed by atoms with van der Waals surface area (Å²) in [6.45, 7) is 0.105. The van der Waals surface area contributed by atoms with E-state index in [2.05, 4.69) is 25.8 Å². The van der Waals surface area contributed by atoms with Crippen LogP contribution in [0.1, 0.15) is 34.7 Å². The molecule has 2 atom stereocenters. The standard InChI is InChI=1S/C30H24BrF3N2O6/c31-25-11-6-20(15-27(25)42-30(32,33)34)17-39-23-9-7-21(8-10-23)24(26-12-13-41-35-26)16-28(37)36-22(18-40-29(36)38)14-19-4-2-1-3-5-19/h1-13,15,22,24H,14,16-18H2. The number of nitrogens with zero attached hydrogens (tertiary/aromatic N) is 2. The van der Waals surface area contributed by atoms with Gasteiger partial charge in [-0.05, 0) is 63.3 Å². The third kappa shape index (κ3) is 7.30. The Balaban J connectivity index is 1.27. The van der Waals surface area contributed by atoms with Crippen LogP contribution in [0.3, 0.4) is 0 Å². The summed E-state index contributed by atoms with van der Waals surface area (Å²) >= 11 is 3.05. The van der Waals surface area contributed by atoms with Crippen LogP contribution < -0.4 is 9.47 Å². The summed E-state index contributed by atoms with van der Waals surface area (Å²) in [7, 11) is 0. The number of cyclic esters (lactones) is 1. The quantitative estimate of drug-likeness (QED) is 0.183. The molecule has 2 heterocycles. The SMILES string of the molecule is O=C(CC(c1ccc(OCc2ccc(Br)c(OC(F)(F)F)c2)cc1)c1ccon1)N1C(=O)OCC1Cc1ccccc1. The van der Waals surface area contributed by atoms with Gasteiger partial charge >= 0.3 is 12.5 Å². The van der Waals surface area contributed by atoms with Crippen molar-refractivity contribution in [2.24, 2.45) is 0 Å². The zero-order valence-corrected chi connectivity index (χ0v) is 23.5. The average molecular weight is 645 g/mol. The minimum absolute atomic E-state index is 0.00802. The summed E-state index contributed by atoms with van der Waals surface area (Å²) in [5.74, 6) is -0.841. The molecule has 1 aliphatic rings. The number of rotatable bonds is 10. The normalized spacial score (nSPS) is 15.8. The fraction of sp³-hybridized carbons (Fsp3) is 0.233. The van der Waals surface area contributed by atoms with Crippen LogP contribution in [0.25, 0.3) is 0 Å². The van der Waals surface area contributed by atoms with Gasteiger partial charge in [-0.2, -0.15) is 0 Å². The smallest absolute Gasteiger partial charge is 0.489 e. The summed E-state index contributed by atoms with van der Waals surface area (Å²) in [6.07, 6.45) is -3.69. The molecule has 12 heteroatoms. The molecule has 1 aliphatic heterocycles. The molecule has 0 spiro atoms. The number of carbonyl (C=O) groups excluding carboxylic acids is 2. The minimum atomic E-state index is -4.82. The fourth-order valence-corrected chi connectivity index (χ4v) is 5.00. The first kappa shape index (κ1) is 29.2. The van der Waals surface area contributed by atoms with Crippen LogP contribution >= 0.6 is 15.9 Å². The molecule has 0 radical (unpaired) electrons. The van der Waals surface area contributed by atoms with E-state index < -0.39 is 30.3 Å². The number of halogens is 4. The lowest BCUT2D eigenvalue weighted by Gasteiger charge is -2.22. The molecule has 3 aromatic carbocycles. The molecular formula is C30H24BrF3N2O6. The second-order valence-corrected chi connectivity index (χ2v) is 10.4. The number of hydrogen-bond acceptors (Lipinski definition) is 7. The molecule has 0 N–H and O–H groups in total. The van der Waals surface area contributed by atoms with Crippen molar-refractivity contribution in [1.29, 1.82) is 0 Å². The summed E-state index contributed by atoms with van der Waals surface area (Å²) < 4.78 is 58.2. The molecular weight excluding hydrogens is 621 g/mol. The maximum Gasteiger partial charge on any atom is 0.573 e. The molecule has 2 unspecified atom stereocenters. The maximum atomic E-state index is 13.5. The van der Waals surface area contributed by atoms with Gasteiger partial charge in [0, 0.05) is 18.4 Å². The van der Waals surface area contributed by atoms with E-state index in [4.69, 9.17) is 14.0 Å². The summed E-state index contributed by atoms with van der Waals surface area (Å²) in [5.41, 5.74) is 2.68. The van der Waals surface area contributed by atoms with Crippen molar-refractivity contribution in [2.45, 2.75) is 37.8 Å². The van der Waals surface area contributed by atoms with E-state index in [1.807, 2.05) is 30.3 Å². The topological polar surface area (TPSA) is 91.1 Å². The van der Waals surface area contributed by atoms with Gasteiger partial charge in [-0.3, -0.25) is 4.79 Å². The first-order chi connectivity index (χ1) is 20.2. The highest BCUT2D eigenvalue weighted by molar-refractivity contribution is 9.10. The molecule has 1 saturated heterocycles. The predicted octanol–water partition coefficient (Wildman–Crippen LogP) is 7.03. The van der Waals surface area contributed by atoms with E-state index in [-0.39, 0.29) is 29.9 Å². The number of amides is 2. The second-order valence-electron chi connectivity index (χ2n) is 9.54. The minimum Gasteiger partial charge on any atom is -0.489 e. The summed E-state index contributed by atoms with van der Waals surface area (Å²) in [6, 6.07) is 21.9. The van der Waals surface area contributed by atoms with E-state index in [9.17, 15) is 22.8 Å². The molecule has 4 aromatic rings. The van der Waals surface area contributed by atoms with E-state index in [0.717, 1.165) is 11.1 Å². The van der Waals surface area contributed by atoms with Gasteiger partial charge in [0.25, 0.3) is 0 Å². The van der Waals surface area contributed by atoms with Crippen LogP contribution in [0.15, 0.2) is 94.1 Å². The lowest BCUT2D eigenvalue weighted by Crippen LogP contribution is -2.40. The molecule has 218 valence electrons. The lowest BCUT2D eigenvalue weighted by molar-refractivity contribution is -0.274. The molecule has 0 bridgehead atoms. The van der Waals surface area contributed by atoms with Gasteiger partial charge in [0.05, 0.1) is 16.2 Å². The number of alkyl halides is 3. The average Bonchev–Trinajstić information content (AvgIpc) is 3.62. The largest absolute Gasteiger partial charge is 0.573 e. The number of ether oxygens (including phenoxy) is 3. The van der Waals surface area contributed by atoms with Crippen LogP contribution in [0, 0.1) is 0 Å². The van der Waals surface area contributed by atoms with Gasteiger partial charge in [0.2, 0.25) is 5.91 Å². The Kier molecular flexibility index (Phi) is 8.81. The number of benzene rings is 3. The number of aromatic nitrogens is 1. The molecule has 0 saturated carbocycles. The van der Waals surface area contributed by atoms with E-state index in [1.165, 1.54) is 23.3 Å². The highest BCUT2D eigenvalue weighted by Crippen LogP contribution is 2.33. The second kappa shape index (κ2) is 12.7. The first-order valence-corrected chi connectivity index (χ1v) is 13.7. The van der Waals surface area contributed by atoms with Crippen molar-refractivity contribution >= 4 is 27.9 Å². The first-order valence-electron chi connectivity index (χ1n) is 12.9. The third-order valence-corrected chi connectivity index (χ3v) is 7.30. The van der Waals surface area contributed by atoms with E-state index in [1.54, 1.807) is 36.4 Å². The van der Waals surface area contributed by atoms with Gasteiger partial charge < -0.3 is 18.7 Å². The van der Waals surface area contributed by atoms with Crippen molar-refractivity contribution in [3.05, 3.63) is 112 Å². The van der Waals surface area contributed by atoms with Crippen LogP contribution in [0.2, 0.25) is 0 Å². The number of hydrogen-bond donors (Lipinski definition) is 0. The van der Waals surface area contributed by atoms with Crippen LogP contribution in [0.4, 0.5) is 18.0 Å². The Morgan fingerprint density at radius 3 is 2.50 bits per heavy atom. The molecule has 42 heavy (non-hydrogen) atoms. The van der Waals surface area contributed by atoms with Crippen molar-refractivity contribution in [3.8, 4) is 11.5 Å². The Morgan fingerprint density at radius 1 is 1.05 bits per heavy atom.